The summed E-state index contributed by atoms with van der Waals surface area (Å²) in [7, 11) is -3.76. The Morgan fingerprint density at radius 2 is 1.77 bits per heavy atom. The van der Waals surface area contributed by atoms with Crippen molar-refractivity contribution >= 4 is 26.7 Å². The Morgan fingerprint density at radius 1 is 1.10 bits per heavy atom. The number of hydrogen-bond donors (Lipinski definition) is 3. The van der Waals surface area contributed by atoms with Crippen LogP contribution in [-0.2, 0) is 21.3 Å². The number of carbonyl (C=O) groups is 1. The Morgan fingerprint density at radius 3 is 2.40 bits per heavy atom. The topological polar surface area (TPSA) is 110 Å². The number of aromatic nitrogens is 1. The third-order valence-electron chi connectivity index (χ3n) is 8.17. The maximum absolute atomic E-state index is 13.4. The standard InChI is InChI=1S/C31H41N3O5S/c1-21-26(29(35)32-20-31(36)14-16-39-17-15-31)18-27(34(21)19-22-8-7-9-22)24-12-13-28(25-11-6-5-10-23(24)25)40(37,38)33-30(2,3)4/h5-6,10-13,18,22,33,36H,7-9,14-17,19-20H2,1-4H3,(H,32,35). The van der Waals surface area contributed by atoms with Crippen LogP contribution in [0.25, 0.3) is 22.0 Å². The van der Waals surface area contributed by atoms with Crippen LogP contribution < -0.4 is 10.0 Å². The van der Waals surface area contributed by atoms with Crippen molar-refractivity contribution in [2.75, 3.05) is 19.8 Å². The van der Waals surface area contributed by atoms with Crippen molar-refractivity contribution in [1.82, 2.24) is 14.6 Å². The summed E-state index contributed by atoms with van der Waals surface area (Å²) < 4.78 is 37.0. The second-order valence-corrected chi connectivity index (χ2v) is 14.1. The molecule has 9 heteroatoms. The summed E-state index contributed by atoms with van der Waals surface area (Å²) in [4.78, 5) is 13.7. The van der Waals surface area contributed by atoms with Crippen LogP contribution in [0.2, 0.25) is 0 Å². The van der Waals surface area contributed by atoms with Crippen molar-refractivity contribution < 1.29 is 23.1 Å². The predicted octanol–water partition coefficient (Wildman–Crippen LogP) is 4.76. The van der Waals surface area contributed by atoms with E-state index in [0.717, 1.165) is 41.7 Å². The van der Waals surface area contributed by atoms with Gasteiger partial charge in [0.25, 0.3) is 5.91 Å². The van der Waals surface area contributed by atoms with Crippen LogP contribution in [0.15, 0.2) is 47.4 Å². The summed E-state index contributed by atoms with van der Waals surface area (Å²) in [6.45, 7) is 9.38. The highest BCUT2D eigenvalue weighted by atomic mass is 32.2. The molecule has 1 saturated carbocycles. The van der Waals surface area contributed by atoms with Gasteiger partial charge in [-0.05, 0) is 64.0 Å². The number of nitrogens with one attached hydrogen (secondary N) is 2. The Labute approximate surface area is 237 Å². The third-order valence-corrected chi connectivity index (χ3v) is 9.98. The van der Waals surface area contributed by atoms with Gasteiger partial charge in [0.05, 0.1) is 16.1 Å². The fraction of sp³-hybridized carbons (Fsp3) is 0.516. The molecule has 40 heavy (non-hydrogen) atoms. The van der Waals surface area contributed by atoms with E-state index >= 15 is 0 Å². The molecule has 2 fully saturated rings. The van der Waals surface area contributed by atoms with Gasteiger partial charge in [-0.2, -0.15) is 0 Å². The highest BCUT2D eigenvalue weighted by molar-refractivity contribution is 7.89. The molecule has 3 aromatic rings. The van der Waals surface area contributed by atoms with Crippen molar-refractivity contribution in [3.63, 3.8) is 0 Å². The van der Waals surface area contributed by atoms with Crippen LogP contribution in [-0.4, -0.2) is 54.9 Å². The van der Waals surface area contributed by atoms with Gasteiger partial charge in [-0.1, -0.05) is 36.8 Å². The molecule has 1 aliphatic heterocycles. The van der Waals surface area contributed by atoms with E-state index in [4.69, 9.17) is 4.74 Å². The van der Waals surface area contributed by atoms with Gasteiger partial charge in [0.15, 0.2) is 0 Å². The molecule has 0 unspecified atom stereocenters. The summed E-state index contributed by atoms with van der Waals surface area (Å²) >= 11 is 0. The van der Waals surface area contributed by atoms with E-state index in [9.17, 15) is 18.3 Å². The predicted molar refractivity (Wildman–Crippen MR) is 157 cm³/mol. The number of sulfonamides is 1. The maximum atomic E-state index is 13.4. The quantitative estimate of drug-likeness (QED) is 0.364. The molecule has 1 aliphatic carbocycles. The van der Waals surface area contributed by atoms with Crippen molar-refractivity contribution in [3.8, 4) is 11.3 Å². The summed E-state index contributed by atoms with van der Waals surface area (Å²) in [6, 6.07) is 13.0. The molecule has 5 rings (SSSR count). The average Bonchev–Trinajstić information content (AvgIpc) is 3.18. The van der Waals surface area contributed by atoms with Gasteiger partial charge < -0.3 is 19.7 Å². The minimum Gasteiger partial charge on any atom is -0.388 e. The maximum Gasteiger partial charge on any atom is 0.253 e. The molecule has 216 valence electrons. The Bertz CT molecular complexity index is 1510. The van der Waals surface area contributed by atoms with E-state index in [1.165, 1.54) is 6.42 Å². The van der Waals surface area contributed by atoms with Gasteiger partial charge in [0, 0.05) is 67.0 Å². The number of hydrogen-bond acceptors (Lipinski definition) is 5. The number of aliphatic hydroxyl groups is 1. The van der Waals surface area contributed by atoms with Crippen LogP contribution in [0, 0.1) is 12.8 Å². The fourth-order valence-corrected chi connectivity index (χ4v) is 7.35. The van der Waals surface area contributed by atoms with E-state index in [0.29, 0.717) is 42.9 Å². The van der Waals surface area contributed by atoms with Crippen LogP contribution in [0.1, 0.15) is 68.9 Å². The smallest absolute Gasteiger partial charge is 0.253 e. The van der Waals surface area contributed by atoms with Gasteiger partial charge >= 0.3 is 0 Å². The Hall–Kier alpha value is -2.72. The monoisotopic (exact) mass is 567 g/mol. The summed E-state index contributed by atoms with van der Waals surface area (Å²) in [5.41, 5.74) is 1.64. The summed E-state index contributed by atoms with van der Waals surface area (Å²) in [5.74, 6) is 0.328. The van der Waals surface area contributed by atoms with Crippen molar-refractivity contribution in [2.24, 2.45) is 5.92 Å². The second kappa shape index (κ2) is 10.9. The first-order valence-corrected chi connectivity index (χ1v) is 15.7. The molecule has 2 aromatic carbocycles. The normalized spacial score (nSPS) is 18.0. The minimum absolute atomic E-state index is 0.175. The lowest BCUT2D eigenvalue weighted by atomic mass is 9.85. The lowest BCUT2D eigenvalue weighted by Gasteiger charge is -2.32. The first-order valence-electron chi connectivity index (χ1n) is 14.2. The highest BCUT2D eigenvalue weighted by Crippen LogP contribution is 2.37. The largest absolute Gasteiger partial charge is 0.388 e. The molecular formula is C31H41N3O5S. The van der Waals surface area contributed by atoms with E-state index in [1.807, 2.05) is 64.1 Å². The highest BCUT2D eigenvalue weighted by Gasteiger charge is 2.32. The first-order chi connectivity index (χ1) is 18.9. The van der Waals surface area contributed by atoms with E-state index < -0.39 is 21.2 Å². The van der Waals surface area contributed by atoms with Crippen molar-refractivity contribution in [2.45, 2.75) is 82.4 Å². The zero-order valence-corrected chi connectivity index (χ0v) is 24.7. The fourth-order valence-electron chi connectivity index (χ4n) is 5.72. The van der Waals surface area contributed by atoms with Crippen LogP contribution in [0.3, 0.4) is 0 Å². The lowest BCUT2D eigenvalue weighted by Crippen LogP contribution is -2.46. The van der Waals surface area contributed by atoms with Crippen LogP contribution >= 0.6 is 0 Å². The van der Waals surface area contributed by atoms with Gasteiger partial charge in [-0.25, -0.2) is 13.1 Å². The Kier molecular flexibility index (Phi) is 7.87. The number of ether oxygens (including phenoxy) is 1. The number of fused-ring (bicyclic) bond motifs is 1. The zero-order valence-electron chi connectivity index (χ0n) is 23.9. The molecule has 2 aliphatic rings. The SMILES string of the molecule is Cc1c(C(=O)NCC2(O)CCOCC2)cc(-c2ccc(S(=O)(=O)NC(C)(C)C)c3ccccc23)n1CC1CCC1. The second-order valence-electron chi connectivity index (χ2n) is 12.5. The molecule has 8 nitrogen and oxygen atoms in total. The number of amides is 1. The number of nitrogens with zero attached hydrogens (tertiary/aromatic N) is 1. The van der Waals surface area contributed by atoms with Crippen LogP contribution in [0.4, 0.5) is 0 Å². The summed E-state index contributed by atoms with van der Waals surface area (Å²) in [5, 5.41) is 15.3. The molecule has 3 N–H and O–H groups in total. The van der Waals surface area contributed by atoms with E-state index in [1.54, 1.807) is 6.07 Å². The van der Waals surface area contributed by atoms with Gasteiger partial charge in [-0.15, -0.1) is 0 Å². The van der Waals surface area contributed by atoms with Gasteiger partial charge in [0.1, 0.15) is 0 Å². The van der Waals surface area contributed by atoms with E-state index in [2.05, 4.69) is 14.6 Å². The number of carbonyl (C=O) groups excluding carboxylic acids is 1. The molecule has 2 heterocycles. The number of benzene rings is 2. The zero-order chi connectivity index (χ0) is 28.7. The molecule has 1 aromatic heterocycles. The summed E-state index contributed by atoms with van der Waals surface area (Å²) in [6.07, 6.45) is 4.51. The van der Waals surface area contributed by atoms with Gasteiger partial charge in [0.2, 0.25) is 10.0 Å². The molecule has 0 radical (unpaired) electrons. The van der Waals surface area contributed by atoms with Crippen molar-refractivity contribution in [1.29, 1.82) is 0 Å². The van der Waals surface area contributed by atoms with Gasteiger partial charge in [-0.3, -0.25) is 4.79 Å². The van der Waals surface area contributed by atoms with E-state index in [-0.39, 0.29) is 17.3 Å². The Balaban J connectivity index is 1.56. The molecule has 0 spiro atoms. The lowest BCUT2D eigenvalue weighted by molar-refractivity contribution is -0.0605. The molecular weight excluding hydrogens is 526 g/mol. The molecule has 0 bridgehead atoms. The molecule has 1 saturated heterocycles. The average molecular weight is 568 g/mol. The molecule has 0 atom stereocenters. The third kappa shape index (κ3) is 5.98. The number of rotatable bonds is 8. The first kappa shape index (κ1) is 28.8. The van der Waals surface area contributed by atoms with Crippen LogP contribution in [0.5, 0.6) is 0 Å². The minimum atomic E-state index is -3.76. The molecule has 1 amide bonds. The van der Waals surface area contributed by atoms with Crippen molar-refractivity contribution in [3.05, 3.63) is 53.7 Å².